The van der Waals surface area contributed by atoms with Crippen molar-refractivity contribution in [3.63, 3.8) is 0 Å². The SMILES string of the molecule is CC(N)C1CN(C2CCCC(C)(C)C2)CCO1. The van der Waals surface area contributed by atoms with Gasteiger partial charge < -0.3 is 10.5 Å². The summed E-state index contributed by atoms with van der Waals surface area (Å²) in [4.78, 5) is 2.62. The quantitative estimate of drug-likeness (QED) is 0.802. The fourth-order valence-electron chi connectivity index (χ4n) is 3.32. The first-order chi connectivity index (χ1) is 7.98. The van der Waals surface area contributed by atoms with Gasteiger partial charge in [0.25, 0.3) is 0 Å². The average molecular weight is 240 g/mol. The first-order valence-electron chi connectivity index (χ1n) is 7.09. The topological polar surface area (TPSA) is 38.5 Å². The molecule has 17 heavy (non-hydrogen) atoms. The Kier molecular flexibility index (Phi) is 4.11. The number of morpholine rings is 1. The minimum Gasteiger partial charge on any atom is -0.374 e. The van der Waals surface area contributed by atoms with Gasteiger partial charge in [0.15, 0.2) is 0 Å². The zero-order valence-electron chi connectivity index (χ0n) is 11.6. The van der Waals surface area contributed by atoms with E-state index in [1.807, 2.05) is 0 Å². The first-order valence-corrected chi connectivity index (χ1v) is 7.09. The Bertz CT molecular complexity index is 253. The lowest BCUT2D eigenvalue weighted by molar-refractivity contribution is -0.0627. The molecule has 2 rings (SSSR count). The summed E-state index contributed by atoms with van der Waals surface area (Å²) >= 11 is 0. The van der Waals surface area contributed by atoms with Crippen LogP contribution in [0.5, 0.6) is 0 Å². The smallest absolute Gasteiger partial charge is 0.0850 e. The minimum absolute atomic E-state index is 0.148. The summed E-state index contributed by atoms with van der Waals surface area (Å²) in [5, 5.41) is 0. The van der Waals surface area contributed by atoms with Crippen LogP contribution in [0, 0.1) is 5.41 Å². The molecular formula is C14H28N2O. The largest absolute Gasteiger partial charge is 0.374 e. The van der Waals surface area contributed by atoms with Gasteiger partial charge in [-0.3, -0.25) is 4.90 Å². The molecule has 100 valence electrons. The Morgan fingerprint density at radius 1 is 1.41 bits per heavy atom. The van der Waals surface area contributed by atoms with Gasteiger partial charge in [-0.1, -0.05) is 20.3 Å². The molecule has 2 N–H and O–H groups in total. The van der Waals surface area contributed by atoms with E-state index in [4.69, 9.17) is 10.5 Å². The molecule has 3 heteroatoms. The van der Waals surface area contributed by atoms with Crippen molar-refractivity contribution in [2.75, 3.05) is 19.7 Å². The van der Waals surface area contributed by atoms with Crippen molar-refractivity contribution in [1.82, 2.24) is 4.90 Å². The Morgan fingerprint density at radius 2 is 2.18 bits per heavy atom. The molecular weight excluding hydrogens is 212 g/mol. The number of nitrogens with zero attached hydrogens (tertiary/aromatic N) is 1. The summed E-state index contributed by atoms with van der Waals surface area (Å²) in [5.74, 6) is 0. The first kappa shape index (κ1) is 13.3. The second-order valence-electron chi connectivity index (χ2n) is 6.68. The Balaban J connectivity index is 1.92. The third-order valence-corrected chi connectivity index (χ3v) is 4.41. The van der Waals surface area contributed by atoms with Crippen molar-refractivity contribution in [3.8, 4) is 0 Å². The van der Waals surface area contributed by atoms with Gasteiger partial charge in [0.05, 0.1) is 12.7 Å². The van der Waals surface area contributed by atoms with Gasteiger partial charge in [-0.25, -0.2) is 0 Å². The molecule has 1 aliphatic carbocycles. The Morgan fingerprint density at radius 3 is 2.82 bits per heavy atom. The molecule has 0 aromatic carbocycles. The van der Waals surface area contributed by atoms with Gasteiger partial charge in [0.2, 0.25) is 0 Å². The van der Waals surface area contributed by atoms with Crippen molar-refractivity contribution in [1.29, 1.82) is 0 Å². The lowest BCUT2D eigenvalue weighted by Gasteiger charge is -2.45. The monoisotopic (exact) mass is 240 g/mol. The van der Waals surface area contributed by atoms with E-state index in [0.717, 1.165) is 25.7 Å². The highest BCUT2D eigenvalue weighted by Gasteiger charge is 2.34. The maximum Gasteiger partial charge on any atom is 0.0850 e. The normalized spacial score (nSPS) is 36.7. The molecule has 0 spiro atoms. The van der Waals surface area contributed by atoms with Gasteiger partial charge in [-0.05, 0) is 31.6 Å². The zero-order chi connectivity index (χ0) is 12.5. The van der Waals surface area contributed by atoms with Crippen LogP contribution < -0.4 is 5.73 Å². The van der Waals surface area contributed by atoms with Crippen LogP contribution >= 0.6 is 0 Å². The third kappa shape index (κ3) is 3.43. The summed E-state index contributed by atoms with van der Waals surface area (Å²) in [5.41, 5.74) is 6.48. The highest BCUT2D eigenvalue weighted by molar-refractivity contribution is 4.88. The second-order valence-corrected chi connectivity index (χ2v) is 6.68. The summed E-state index contributed by atoms with van der Waals surface area (Å²) in [6, 6.07) is 0.901. The van der Waals surface area contributed by atoms with Crippen LogP contribution in [0.25, 0.3) is 0 Å². The van der Waals surface area contributed by atoms with E-state index < -0.39 is 0 Å². The van der Waals surface area contributed by atoms with E-state index in [2.05, 4.69) is 25.7 Å². The molecule has 1 aliphatic heterocycles. The fourth-order valence-corrected chi connectivity index (χ4v) is 3.32. The number of nitrogens with two attached hydrogens (primary N) is 1. The molecule has 0 amide bonds. The van der Waals surface area contributed by atoms with E-state index in [9.17, 15) is 0 Å². The molecule has 1 saturated heterocycles. The lowest BCUT2D eigenvalue weighted by Crippen LogP contribution is -2.54. The lowest BCUT2D eigenvalue weighted by atomic mass is 9.74. The van der Waals surface area contributed by atoms with E-state index in [1.165, 1.54) is 25.7 Å². The molecule has 3 atom stereocenters. The van der Waals surface area contributed by atoms with Crippen LogP contribution in [-0.2, 0) is 4.74 Å². The molecule has 1 saturated carbocycles. The number of rotatable bonds is 2. The predicted molar refractivity (Wildman–Crippen MR) is 71.0 cm³/mol. The molecule has 3 nitrogen and oxygen atoms in total. The van der Waals surface area contributed by atoms with Crippen LogP contribution in [0.3, 0.4) is 0 Å². The number of hydrogen-bond acceptors (Lipinski definition) is 3. The molecule has 2 fully saturated rings. The minimum atomic E-state index is 0.148. The van der Waals surface area contributed by atoms with Gasteiger partial charge in [0.1, 0.15) is 0 Å². The molecule has 0 bridgehead atoms. The maximum absolute atomic E-state index is 5.96. The highest BCUT2D eigenvalue weighted by Crippen LogP contribution is 2.37. The third-order valence-electron chi connectivity index (χ3n) is 4.41. The van der Waals surface area contributed by atoms with Crippen molar-refractivity contribution >= 4 is 0 Å². The maximum atomic E-state index is 5.96. The van der Waals surface area contributed by atoms with Crippen LogP contribution in [-0.4, -0.2) is 42.8 Å². The van der Waals surface area contributed by atoms with Gasteiger partial charge in [-0.15, -0.1) is 0 Å². The van der Waals surface area contributed by atoms with Gasteiger partial charge in [-0.2, -0.15) is 0 Å². The molecule has 1 heterocycles. The average Bonchev–Trinajstić information content (AvgIpc) is 2.28. The van der Waals surface area contributed by atoms with E-state index in [-0.39, 0.29) is 12.1 Å². The summed E-state index contributed by atoms with van der Waals surface area (Å²) in [7, 11) is 0. The Labute approximate surface area is 106 Å². The van der Waals surface area contributed by atoms with Crippen LogP contribution in [0.1, 0.15) is 46.5 Å². The van der Waals surface area contributed by atoms with Crippen LogP contribution in [0.2, 0.25) is 0 Å². The number of hydrogen-bond donors (Lipinski definition) is 1. The fraction of sp³-hybridized carbons (Fsp3) is 1.00. The summed E-state index contributed by atoms with van der Waals surface area (Å²) in [6.07, 6.45) is 5.67. The molecule has 0 aromatic rings. The van der Waals surface area contributed by atoms with Gasteiger partial charge in [0, 0.05) is 25.2 Å². The summed E-state index contributed by atoms with van der Waals surface area (Å²) < 4.78 is 5.75. The van der Waals surface area contributed by atoms with Gasteiger partial charge >= 0.3 is 0 Å². The highest BCUT2D eigenvalue weighted by atomic mass is 16.5. The van der Waals surface area contributed by atoms with Crippen molar-refractivity contribution in [2.45, 2.75) is 64.6 Å². The summed E-state index contributed by atoms with van der Waals surface area (Å²) in [6.45, 7) is 9.83. The standard InChI is InChI=1S/C14H28N2O/c1-11(15)13-10-16(7-8-17-13)12-5-4-6-14(2,3)9-12/h11-13H,4-10,15H2,1-3H3. The molecule has 0 aromatic heterocycles. The van der Waals surface area contributed by atoms with Crippen molar-refractivity contribution in [3.05, 3.63) is 0 Å². The van der Waals surface area contributed by atoms with Crippen LogP contribution in [0.4, 0.5) is 0 Å². The number of ether oxygens (including phenoxy) is 1. The van der Waals surface area contributed by atoms with E-state index >= 15 is 0 Å². The molecule has 3 unspecified atom stereocenters. The second kappa shape index (κ2) is 5.25. The molecule has 0 radical (unpaired) electrons. The zero-order valence-corrected chi connectivity index (χ0v) is 11.6. The van der Waals surface area contributed by atoms with E-state index in [1.54, 1.807) is 0 Å². The van der Waals surface area contributed by atoms with E-state index in [0.29, 0.717) is 5.41 Å². The molecule has 2 aliphatic rings. The van der Waals surface area contributed by atoms with Crippen molar-refractivity contribution < 1.29 is 4.74 Å². The predicted octanol–water partition coefficient (Wildman–Crippen LogP) is 2.00. The Hall–Kier alpha value is -0.120. The van der Waals surface area contributed by atoms with Crippen LogP contribution in [0.15, 0.2) is 0 Å². The van der Waals surface area contributed by atoms with Crippen molar-refractivity contribution in [2.24, 2.45) is 11.1 Å².